The van der Waals surface area contributed by atoms with Crippen molar-refractivity contribution in [1.29, 1.82) is 0 Å². The second-order valence-corrected chi connectivity index (χ2v) is 3.72. The van der Waals surface area contributed by atoms with Gasteiger partial charge in [-0.25, -0.2) is 0 Å². The zero-order valence-electron chi connectivity index (χ0n) is 9.73. The Morgan fingerprint density at radius 1 is 1.44 bits per heavy atom. The maximum Gasteiger partial charge on any atom is 0.320 e. The summed E-state index contributed by atoms with van der Waals surface area (Å²) in [5.74, 6) is -0.0797. The number of nitrogens with one attached hydrogen (secondary N) is 1. The molecule has 0 fully saturated rings. The van der Waals surface area contributed by atoms with Gasteiger partial charge < -0.3 is 9.84 Å². The van der Waals surface area contributed by atoms with E-state index in [2.05, 4.69) is 5.32 Å². The van der Waals surface area contributed by atoms with Gasteiger partial charge in [-0.1, -0.05) is 12.1 Å². The molecule has 1 rings (SSSR count). The zero-order chi connectivity index (χ0) is 12.1. The molecular weight excluding hydrogens is 206 g/mol. The van der Waals surface area contributed by atoms with Gasteiger partial charge in [0.2, 0.25) is 0 Å². The number of hydrogen-bond donors (Lipinski definition) is 2. The quantitative estimate of drug-likeness (QED) is 0.799. The summed E-state index contributed by atoms with van der Waals surface area (Å²) in [7, 11) is 1.61. The molecule has 1 aromatic rings. The Balaban J connectivity index is 2.72. The number of aliphatic carboxylic acids is 1. The molecule has 1 aromatic carbocycles. The van der Waals surface area contributed by atoms with Gasteiger partial charge in [-0.05, 0) is 31.5 Å². The highest BCUT2D eigenvalue weighted by Gasteiger charge is 2.14. The molecule has 4 heteroatoms. The van der Waals surface area contributed by atoms with Crippen LogP contribution in [0.4, 0.5) is 0 Å². The van der Waals surface area contributed by atoms with Crippen molar-refractivity contribution >= 4 is 5.97 Å². The van der Waals surface area contributed by atoms with Crippen LogP contribution in [0.15, 0.2) is 24.3 Å². The lowest BCUT2D eigenvalue weighted by atomic mass is 10.1. The van der Waals surface area contributed by atoms with Crippen molar-refractivity contribution in [2.45, 2.75) is 25.9 Å². The Bertz CT molecular complexity index is 365. The molecule has 0 heterocycles. The average Bonchev–Trinajstić information content (AvgIpc) is 2.28. The Morgan fingerprint density at radius 3 is 2.69 bits per heavy atom. The zero-order valence-corrected chi connectivity index (χ0v) is 9.73. The second-order valence-electron chi connectivity index (χ2n) is 3.72. The molecule has 2 atom stereocenters. The van der Waals surface area contributed by atoms with E-state index >= 15 is 0 Å². The molecule has 0 aliphatic carbocycles. The lowest BCUT2D eigenvalue weighted by Gasteiger charge is -2.17. The maximum atomic E-state index is 10.7. The van der Waals surface area contributed by atoms with E-state index in [9.17, 15) is 4.79 Å². The molecular formula is C12H17NO3. The van der Waals surface area contributed by atoms with Crippen LogP contribution >= 0.6 is 0 Å². The van der Waals surface area contributed by atoms with E-state index < -0.39 is 12.0 Å². The minimum absolute atomic E-state index is 0.0267. The first kappa shape index (κ1) is 12.5. The highest BCUT2D eigenvalue weighted by molar-refractivity contribution is 5.72. The van der Waals surface area contributed by atoms with Crippen molar-refractivity contribution in [1.82, 2.24) is 5.32 Å². The second kappa shape index (κ2) is 5.51. The Hall–Kier alpha value is -1.55. The van der Waals surface area contributed by atoms with Crippen molar-refractivity contribution in [3.63, 3.8) is 0 Å². The third-order valence-corrected chi connectivity index (χ3v) is 2.46. The first-order valence-electron chi connectivity index (χ1n) is 5.17. The predicted molar refractivity (Wildman–Crippen MR) is 61.6 cm³/mol. The van der Waals surface area contributed by atoms with Crippen LogP contribution < -0.4 is 10.1 Å². The van der Waals surface area contributed by atoms with Gasteiger partial charge in [-0.15, -0.1) is 0 Å². The topological polar surface area (TPSA) is 58.6 Å². The standard InChI is InChI=1S/C12H17NO3/c1-8(13-9(2)12(14)15)10-5-4-6-11(7-10)16-3/h4-9,13H,1-3H3,(H,14,15)/t8-,9?/m0/s1. The molecule has 0 amide bonds. The first-order chi connectivity index (χ1) is 7.54. The van der Waals surface area contributed by atoms with Crippen LogP contribution in [-0.2, 0) is 4.79 Å². The summed E-state index contributed by atoms with van der Waals surface area (Å²) in [6.45, 7) is 3.55. The van der Waals surface area contributed by atoms with Gasteiger partial charge >= 0.3 is 5.97 Å². The van der Waals surface area contributed by atoms with E-state index in [0.717, 1.165) is 11.3 Å². The van der Waals surface area contributed by atoms with Gasteiger partial charge in [0, 0.05) is 6.04 Å². The summed E-state index contributed by atoms with van der Waals surface area (Å²) < 4.78 is 5.11. The number of carboxylic acid groups (broad SMARTS) is 1. The third-order valence-electron chi connectivity index (χ3n) is 2.46. The minimum atomic E-state index is -0.852. The van der Waals surface area contributed by atoms with Gasteiger partial charge in [0.25, 0.3) is 0 Å². The van der Waals surface area contributed by atoms with Gasteiger partial charge in [0.1, 0.15) is 11.8 Å². The van der Waals surface area contributed by atoms with E-state index in [1.165, 1.54) is 0 Å². The molecule has 0 saturated carbocycles. The molecule has 16 heavy (non-hydrogen) atoms. The number of methoxy groups -OCH3 is 1. The maximum absolute atomic E-state index is 10.7. The van der Waals surface area contributed by atoms with Crippen molar-refractivity contribution in [3.8, 4) is 5.75 Å². The highest BCUT2D eigenvalue weighted by Crippen LogP contribution is 2.18. The van der Waals surface area contributed by atoms with Crippen LogP contribution in [0.5, 0.6) is 5.75 Å². The number of benzene rings is 1. The molecule has 1 unspecified atom stereocenters. The largest absolute Gasteiger partial charge is 0.497 e. The lowest BCUT2D eigenvalue weighted by molar-refractivity contribution is -0.139. The van der Waals surface area contributed by atoms with E-state index in [1.54, 1.807) is 14.0 Å². The van der Waals surface area contributed by atoms with Gasteiger partial charge in [-0.3, -0.25) is 10.1 Å². The molecule has 0 saturated heterocycles. The molecule has 0 bridgehead atoms. The number of rotatable bonds is 5. The molecule has 0 aliphatic rings. The van der Waals surface area contributed by atoms with E-state index in [1.807, 2.05) is 31.2 Å². The number of ether oxygens (including phenoxy) is 1. The normalized spacial score (nSPS) is 14.2. The van der Waals surface area contributed by atoms with Crippen molar-refractivity contribution < 1.29 is 14.6 Å². The fraction of sp³-hybridized carbons (Fsp3) is 0.417. The van der Waals surface area contributed by atoms with Crippen LogP contribution in [0.25, 0.3) is 0 Å². The first-order valence-corrected chi connectivity index (χ1v) is 5.17. The van der Waals surface area contributed by atoms with Crippen LogP contribution in [0, 0.1) is 0 Å². The van der Waals surface area contributed by atoms with Crippen LogP contribution in [0.3, 0.4) is 0 Å². The number of hydrogen-bond acceptors (Lipinski definition) is 3. The van der Waals surface area contributed by atoms with Crippen molar-refractivity contribution in [2.75, 3.05) is 7.11 Å². The fourth-order valence-corrected chi connectivity index (χ4v) is 1.45. The predicted octanol–water partition coefficient (Wildman–Crippen LogP) is 1.82. The van der Waals surface area contributed by atoms with Gasteiger partial charge in [0.15, 0.2) is 0 Å². The molecule has 4 nitrogen and oxygen atoms in total. The molecule has 88 valence electrons. The van der Waals surface area contributed by atoms with Crippen molar-refractivity contribution in [2.24, 2.45) is 0 Å². The summed E-state index contributed by atoms with van der Waals surface area (Å²) in [4.78, 5) is 10.7. The summed E-state index contributed by atoms with van der Waals surface area (Å²) >= 11 is 0. The average molecular weight is 223 g/mol. The molecule has 0 radical (unpaired) electrons. The van der Waals surface area contributed by atoms with Crippen LogP contribution in [-0.4, -0.2) is 24.2 Å². The Labute approximate surface area is 95.2 Å². The third kappa shape index (κ3) is 3.24. The van der Waals surface area contributed by atoms with Crippen LogP contribution in [0.1, 0.15) is 25.5 Å². The molecule has 0 aromatic heterocycles. The van der Waals surface area contributed by atoms with E-state index in [4.69, 9.17) is 9.84 Å². The van der Waals surface area contributed by atoms with Crippen molar-refractivity contribution in [3.05, 3.63) is 29.8 Å². The van der Waals surface area contributed by atoms with Crippen LogP contribution in [0.2, 0.25) is 0 Å². The number of carboxylic acids is 1. The smallest absolute Gasteiger partial charge is 0.320 e. The summed E-state index contributed by atoms with van der Waals surface area (Å²) in [5.41, 5.74) is 1.01. The molecule has 0 aliphatic heterocycles. The SMILES string of the molecule is COc1cccc([C@H](C)NC(C)C(=O)O)c1. The summed E-state index contributed by atoms with van der Waals surface area (Å²) in [6.07, 6.45) is 0. The fourth-order valence-electron chi connectivity index (χ4n) is 1.45. The Morgan fingerprint density at radius 2 is 2.12 bits per heavy atom. The molecule has 2 N–H and O–H groups in total. The summed E-state index contributed by atoms with van der Waals surface area (Å²) in [5, 5.41) is 11.8. The highest BCUT2D eigenvalue weighted by atomic mass is 16.5. The number of carbonyl (C=O) groups is 1. The Kier molecular flexibility index (Phi) is 4.31. The monoisotopic (exact) mass is 223 g/mol. The summed E-state index contributed by atoms with van der Waals surface area (Å²) in [6, 6.07) is 6.98. The molecule has 0 spiro atoms. The van der Waals surface area contributed by atoms with E-state index in [-0.39, 0.29) is 6.04 Å². The van der Waals surface area contributed by atoms with E-state index in [0.29, 0.717) is 0 Å². The lowest BCUT2D eigenvalue weighted by Crippen LogP contribution is -2.35. The minimum Gasteiger partial charge on any atom is -0.497 e. The van der Waals surface area contributed by atoms with Gasteiger partial charge in [0.05, 0.1) is 7.11 Å². The van der Waals surface area contributed by atoms with Gasteiger partial charge in [-0.2, -0.15) is 0 Å².